The number of carboxylic acid groups (broad SMARTS) is 1. The predicted octanol–water partition coefficient (Wildman–Crippen LogP) is 2.89. The number of ether oxygens (including phenoxy) is 3. The lowest BCUT2D eigenvalue weighted by Gasteiger charge is -2.70. The van der Waals surface area contributed by atoms with Crippen molar-refractivity contribution in [1.29, 1.82) is 0 Å². The molecule has 47 heavy (non-hydrogen) atoms. The van der Waals surface area contributed by atoms with Crippen LogP contribution < -0.4 is 10.1 Å². The number of carbonyl (C=O) groups is 2. The second-order valence-corrected chi connectivity index (χ2v) is 14.8. The number of carboxylic acids is 1. The molecule has 0 radical (unpaired) electrons. The Hall–Kier alpha value is -2.17. The van der Waals surface area contributed by atoms with Gasteiger partial charge in [0, 0.05) is 17.4 Å². The molecular formula is C32H42ClF2NO11. The van der Waals surface area contributed by atoms with Crippen LogP contribution >= 0.6 is 11.6 Å². The number of aliphatic hydroxyl groups is 3. The summed E-state index contributed by atoms with van der Waals surface area (Å²) in [7, 11) is 0. The highest BCUT2D eigenvalue weighted by Gasteiger charge is 2.78. The highest BCUT2D eigenvalue weighted by atomic mass is 35.5. The van der Waals surface area contributed by atoms with Gasteiger partial charge in [0.25, 0.3) is 12.2 Å². The van der Waals surface area contributed by atoms with Crippen molar-refractivity contribution in [1.82, 2.24) is 5.32 Å². The van der Waals surface area contributed by atoms with Gasteiger partial charge in [0.15, 0.2) is 5.60 Å². The molecule has 0 aromatic heterocycles. The molecule has 4 bridgehead atoms. The summed E-state index contributed by atoms with van der Waals surface area (Å²) in [4.78, 5) is 36.1. The Morgan fingerprint density at radius 1 is 1.13 bits per heavy atom. The first-order valence-corrected chi connectivity index (χ1v) is 16.5. The lowest BCUT2D eigenvalue weighted by atomic mass is 9.46. The van der Waals surface area contributed by atoms with Crippen molar-refractivity contribution in [3.8, 4) is 5.75 Å². The molecule has 1 spiro atoms. The van der Waals surface area contributed by atoms with Crippen molar-refractivity contribution in [3.63, 3.8) is 0 Å². The van der Waals surface area contributed by atoms with E-state index in [9.17, 15) is 38.8 Å². The molecule has 12 nitrogen and oxygen atoms in total. The molecule has 4 saturated carbocycles. The normalized spacial score (nSPS) is 41.8. The number of hydrogen-bond donors (Lipinski definition) is 5. The molecule has 1 amide bonds. The number of amides is 1. The number of benzene rings is 1. The second-order valence-electron chi connectivity index (χ2n) is 14.0. The molecule has 5 N–H and O–H groups in total. The fraction of sp³-hybridized carbons (Fsp3) is 0.750. The van der Waals surface area contributed by atoms with Crippen LogP contribution in [0.15, 0.2) is 18.2 Å². The van der Waals surface area contributed by atoms with Gasteiger partial charge < -0.3 is 40.0 Å². The van der Waals surface area contributed by atoms with Gasteiger partial charge in [0.1, 0.15) is 24.6 Å². The number of aryl methyl sites for hydroxylation is 1. The van der Waals surface area contributed by atoms with Crippen molar-refractivity contribution in [2.24, 2.45) is 17.8 Å². The van der Waals surface area contributed by atoms with Gasteiger partial charge in [-0.3, -0.25) is 4.79 Å². The number of carbonyl (C=O) groups excluding carboxylic acids is 1. The number of halogens is 3. The van der Waals surface area contributed by atoms with E-state index < -0.39 is 83.8 Å². The first-order valence-electron chi connectivity index (χ1n) is 16.1. The molecule has 9 atom stereocenters. The molecule has 1 aromatic carbocycles. The minimum Gasteiger partial charge on any atom is -0.476 e. The van der Waals surface area contributed by atoms with E-state index in [1.165, 1.54) is 13.0 Å². The summed E-state index contributed by atoms with van der Waals surface area (Å²) in [6.07, 6.45) is -6.13. The Morgan fingerprint density at radius 3 is 2.34 bits per heavy atom. The number of nitrogens with one attached hydrogen (secondary N) is 1. The van der Waals surface area contributed by atoms with Crippen LogP contribution in [-0.2, 0) is 34.6 Å². The summed E-state index contributed by atoms with van der Waals surface area (Å²) < 4.78 is 45.3. The van der Waals surface area contributed by atoms with E-state index in [-0.39, 0.29) is 29.6 Å². The van der Waals surface area contributed by atoms with E-state index in [0.29, 0.717) is 24.3 Å². The molecule has 2 saturated heterocycles. The van der Waals surface area contributed by atoms with Crippen LogP contribution in [0.2, 0.25) is 0 Å². The van der Waals surface area contributed by atoms with E-state index in [0.717, 1.165) is 19.3 Å². The maximum absolute atomic E-state index is 13.7. The van der Waals surface area contributed by atoms with Crippen LogP contribution in [-0.4, -0.2) is 92.1 Å². The zero-order valence-corrected chi connectivity index (χ0v) is 27.1. The van der Waals surface area contributed by atoms with Crippen LogP contribution in [0.4, 0.5) is 8.78 Å². The number of aliphatic hydroxyl groups excluding tert-OH is 3. The van der Waals surface area contributed by atoms with Crippen LogP contribution in [0.5, 0.6) is 5.75 Å². The van der Waals surface area contributed by atoms with Gasteiger partial charge >= 0.3 is 11.8 Å². The summed E-state index contributed by atoms with van der Waals surface area (Å²) >= 11 is 6.99. The molecule has 7 rings (SSSR count). The minimum atomic E-state index is -2.82. The third kappa shape index (κ3) is 5.62. The van der Waals surface area contributed by atoms with Crippen LogP contribution in [0, 0.1) is 24.7 Å². The lowest BCUT2D eigenvalue weighted by Crippen LogP contribution is -2.78. The van der Waals surface area contributed by atoms with E-state index >= 15 is 0 Å². The van der Waals surface area contributed by atoms with Crippen molar-refractivity contribution in [2.75, 3.05) is 6.61 Å². The summed E-state index contributed by atoms with van der Waals surface area (Å²) in [5.41, 5.74) is -0.444. The first kappa shape index (κ1) is 34.7. The molecule has 2 aliphatic heterocycles. The highest BCUT2D eigenvalue weighted by molar-refractivity contribution is 6.24. The quantitative estimate of drug-likeness (QED) is 0.171. The largest absolute Gasteiger partial charge is 0.476 e. The average Bonchev–Trinajstić information content (AvgIpc) is 2.97. The molecule has 1 aromatic rings. The maximum atomic E-state index is 13.7. The number of alkyl halides is 3. The standard InChI is InChI=1S/C32H42ClF2NO11/c1-4-21(38)26(40)27-25(36-16(3)37)22(39)13-30(45-27,28(41)42)44-23-9-18(6-5-15(23)2)32(43-14-24(34)35)31(46-47-32)19-7-17-8-20(31)12-29(33,10-17)11-19/h5-6,9,17,19-22,24-27,38-40H,4,7-8,10-14H2,1-3H3,(H,36,37)(H,41,42). The summed E-state index contributed by atoms with van der Waals surface area (Å²) in [6.45, 7) is 3.43. The molecule has 262 valence electrons. The third-order valence-electron chi connectivity index (χ3n) is 10.8. The Kier molecular flexibility index (Phi) is 9.08. The summed E-state index contributed by atoms with van der Waals surface area (Å²) in [6, 6.07) is 3.37. The SMILES string of the molecule is CCC(O)C(O)C1OC(Oc2cc(C3(OCC(F)F)OOC34C3CC5CC4CC(Cl)(C5)C3)ccc2C)(C(=O)O)CC(O)C1NC(C)=O. The lowest BCUT2D eigenvalue weighted by molar-refractivity contribution is -0.648. The molecule has 6 aliphatic rings. The van der Waals surface area contributed by atoms with Crippen molar-refractivity contribution < 1.29 is 62.8 Å². The van der Waals surface area contributed by atoms with Gasteiger partial charge in [-0.1, -0.05) is 19.1 Å². The monoisotopic (exact) mass is 689 g/mol. The molecule has 2 heterocycles. The zero-order chi connectivity index (χ0) is 34.1. The van der Waals surface area contributed by atoms with Crippen LogP contribution in [0.3, 0.4) is 0 Å². The Morgan fingerprint density at radius 2 is 1.81 bits per heavy atom. The van der Waals surface area contributed by atoms with Gasteiger partial charge in [0.05, 0.1) is 24.7 Å². The third-order valence-corrected chi connectivity index (χ3v) is 11.3. The van der Waals surface area contributed by atoms with E-state index in [1.54, 1.807) is 26.0 Å². The summed E-state index contributed by atoms with van der Waals surface area (Å²) in [5, 5.41) is 45.4. The fourth-order valence-corrected chi connectivity index (χ4v) is 9.48. The Labute approximate surface area is 275 Å². The zero-order valence-electron chi connectivity index (χ0n) is 26.4. The fourth-order valence-electron chi connectivity index (χ4n) is 8.89. The van der Waals surface area contributed by atoms with Crippen molar-refractivity contribution in [3.05, 3.63) is 29.3 Å². The number of rotatable bonds is 11. The Balaban J connectivity index is 1.38. The van der Waals surface area contributed by atoms with Crippen LogP contribution in [0.25, 0.3) is 0 Å². The molecule has 15 heteroatoms. The second kappa shape index (κ2) is 12.3. The predicted molar refractivity (Wildman–Crippen MR) is 158 cm³/mol. The van der Waals surface area contributed by atoms with Crippen LogP contribution in [0.1, 0.15) is 69.9 Å². The summed E-state index contributed by atoms with van der Waals surface area (Å²) in [5.74, 6) is -6.60. The van der Waals surface area contributed by atoms with Gasteiger partial charge in [-0.05, 0) is 74.8 Å². The molecular weight excluding hydrogens is 648 g/mol. The van der Waals surface area contributed by atoms with E-state index in [1.807, 2.05) is 0 Å². The van der Waals surface area contributed by atoms with Crippen molar-refractivity contribution in [2.45, 2.75) is 125 Å². The Bertz CT molecular complexity index is 1370. The first-order chi connectivity index (χ1) is 22.1. The average molecular weight is 690 g/mol. The number of hydrogen-bond acceptors (Lipinski definition) is 10. The molecule has 9 unspecified atom stereocenters. The topological polar surface area (TPSA) is 173 Å². The van der Waals surface area contributed by atoms with E-state index in [2.05, 4.69) is 5.32 Å². The van der Waals surface area contributed by atoms with Gasteiger partial charge in [-0.25, -0.2) is 18.5 Å². The molecule has 4 aliphatic carbocycles. The van der Waals surface area contributed by atoms with Gasteiger partial charge in [0.2, 0.25) is 5.91 Å². The van der Waals surface area contributed by atoms with Crippen molar-refractivity contribution >= 4 is 23.5 Å². The van der Waals surface area contributed by atoms with Gasteiger partial charge in [-0.2, -0.15) is 4.89 Å². The number of aliphatic carboxylic acids is 1. The van der Waals surface area contributed by atoms with E-state index in [4.69, 9.17) is 35.6 Å². The molecule has 6 fully saturated rings. The minimum absolute atomic E-state index is 0.0531. The smallest absolute Gasteiger partial charge is 0.377 e. The maximum Gasteiger partial charge on any atom is 0.377 e. The highest BCUT2D eigenvalue weighted by Crippen LogP contribution is 2.71. The van der Waals surface area contributed by atoms with Gasteiger partial charge in [-0.15, -0.1) is 11.6 Å².